The minimum atomic E-state index is 0.162. The number of pyridine rings is 1. The molecule has 4 rings (SSSR count). The molecule has 6 nitrogen and oxygen atoms in total. The Labute approximate surface area is 163 Å². The van der Waals surface area contributed by atoms with E-state index in [9.17, 15) is 0 Å². The lowest BCUT2D eigenvalue weighted by Gasteiger charge is -2.11. The lowest BCUT2D eigenvalue weighted by atomic mass is 10.1. The van der Waals surface area contributed by atoms with Crippen molar-refractivity contribution >= 4 is 22.4 Å². The minimum Gasteiger partial charge on any atom is -0.497 e. The van der Waals surface area contributed by atoms with E-state index in [1.165, 1.54) is 5.56 Å². The number of aryl methyl sites for hydroxylation is 1. The molecule has 28 heavy (non-hydrogen) atoms. The van der Waals surface area contributed by atoms with Crippen LogP contribution in [-0.4, -0.2) is 22.2 Å². The van der Waals surface area contributed by atoms with E-state index in [0.717, 1.165) is 27.9 Å². The summed E-state index contributed by atoms with van der Waals surface area (Å²) in [5.74, 6) is 2.77. The molecule has 0 aliphatic rings. The van der Waals surface area contributed by atoms with Crippen LogP contribution in [0.1, 0.15) is 31.2 Å². The molecule has 0 fully saturated rings. The van der Waals surface area contributed by atoms with Crippen LogP contribution in [0.3, 0.4) is 0 Å². The van der Waals surface area contributed by atoms with Gasteiger partial charge in [0.15, 0.2) is 0 Å². The Bertz CT molecular complexity index is 1120. The van der Waals surface area contributed by atoms with E-state index in [4.69, 9.17) is 14.2 Å². The summed E-state index contributed by atoms with van der Waals surface area (Å²) in [7, 11) is 1.65. The van der Waals surface area contributed by atoms with Crippen molar-refractivity contribution < 1.29 is 9.26 Å². The largest absolute Gasteiger partial charge is 0.497 e. The maximum Gasteiger partial charge on any atom is 0.229 e. The first-order valence-electron chi connectivity index (χ1n) is 9.20. The van der Waals surface area contributed by atoms with E-state index < -0.39 is 0 Å². The minimum absolute atomic E-state index is 0.162. The number of aromatic nitrogens is 3. The Kier molecular flexibility index (Phi) is 4.69. The molecule has 0 saturated heterocycles. The molecule has 0 saturated carbocycles. The number of rotatable bonds is 5. The third-order valence-corrected chi connectivity index (χ3v) is 4.50. The van der Waals surface area contributed by atoms with Gasteiger partial charge in [0.25, 0.3) is 0 Å². The first-order valence-corrected chi connectivity index (χ1v) is 9.20. The molecule has 0 radical (unpaired) electrons. The number of methoxy groups -OCH3 is 1. The first-order chi connectivity index (χ1) is 13.5. The highest BCUT2D eigenvalue weighted by molar-refractivity contribution is 5.89. The maximum absolute atomic E-state index is 5.42. The zero-order valence-electron chi connectivity index (χ0n) is 16.4. The van der Waals surface area contributed by atoms with Gasteiger partial charge < -0.3 is 14.6 Å². The van der Waals surface area contributed by atoms with Gasteiger partial charge in [-0.05, 0) is 49.4 Å². The summed E-state index contributed by atoms with van der Waals surface area (Å²) >= 11 is 0. The van der Waals surface area contributed by atoms with Crippen molar-refractivity contribution in [1.29, 1.82) is 0 Å². The van der Waals surface area contributed by atoms with Gasteiger partial charge in [-0.3, -0.25) is 0 Å². The topological polar surface area (TPSA) is 73.1 Å². The fraction of sp³-hybridized carbons (Fsp3) is 0.227. The average molecular weight is 374 g/mol. The Hall–Kier alpha value is -3.41. The Morgan fingerprint density at radius 3 is 2.46 bits per heavy atom. The molecule has 1 N–H and O–H groups in total. The Balaban J connectivity index is 1.82. The number of hydrogen-bond acceptors (Lipinski definition) is 6. The van der Waals surface area contributed by atoms with Gasteiger partial charge in [-0.1, -0.05) is 30.6 Å². The molecule has 0 amide bonds. The molecule has 6 heteroatoms. The number of ether oxygens (including phenoxy) is 1. The molecular weight excluding hydrogens is 352 g/mol. The standard InChI is InChI=1S/C22H22N4O2/c1-13(2)22-25-21(26-28-22)18-12-15-11-14(3)5-10-19(15)24-20(18)23-16-6-8-17(27-4)9-7-16/h5-13H,1-4H3,(H,23,24). The summed E-state index contributed by atoms with van der Waals surface area (Å²) in [5, 5.41) is 8.59. The molecule has 2 heterocycles. The predicted molar refractivity (Wildman–Crippen MR) is 110 cm³/mol. The van der Waals surface area contributed by atoms with E-state index in [1.807, 2.05) is 44.2 Å². The van der Waals surface area contributed by atoms with Gasteiger partial charge in [0, 0.05) is 17.0 Å². The zero-order chi connectivity index (χ0) is 19.7. The lowest BCUT2D eigenvalue weighted by molar-refractivity contribution is 0.365. The second kappa shape index (κ2) is 7.31. The molecule has 0 unspecified atom stereocenters. The summed E-state index contributed by atoms with van der Waals surface area (Å²) in [4.78, 5) is 9.38. The number of hydrogen-bond donors (Lipinski definition) is 1. The SMILES string of the molecule is COc1ccc(Nc2nc3ccc(C)cc3cc2-c2noc(C(C)C)n2)cc1. The quantitative estimate of drug-likeness (QED) is 0.499. The van der Waals surface area contributed by atoms with E-state index in [1.54, 1.807) is 7.11 Å². The van der Waals surface area contributed by atoms with Crippen LogP contribution in [0.25, 0.3) is 22.3 Å². The van der Waals surface area contributed by atoms with Crippen LogP contribution in [0.2, 0.25) is 0 Å². The molecule has 0 aliphatic heterocycles. The highest BCUT2D eigenvalue weighted by atomic mass is 16.5. The third-order valence-electron chi connectivity index (χ3n) is 4.50. The van der Waals surface area contributed by atoms with Crippen LogP contribution in [-0.2, 0) is 0 Å². The molecule has 2 aromatic carbocycles. The van der Waals surface area contributed by atoms with Gasteiger partial charge in [0.05, 0.1) is 18.2 Å². The fourth-order valence-corrected chi connectivity index (χ4v) is 2.95. The van der Waals surface area contributed by atoms with Crippen molar-refractivity contribution in [3.05, 3.63) is 60.0 Å². The average Bonchev–Trinajstić information content (AvgIpc) is 3.18. The lowest BCUT2D eigenvalue weighted by Crippen LogP contribution is -1.99. The van der Waals surface area contributed by atoms with E-state index in [0.29, 0.717) is 17.5 Å². The van der Waals surface area contributed by atoms with E-state index in [-0.39, 0.29) is 5.92 Å². The van der Waals surface area contributed by atoms with Gasteiger partial charge in [-0.2, -0.15) is 4.98 Å². The van der Waals surface area contributed by atoms with Gasteiger partial charge in [0.1, 0.15) is 11.6 Å². The van der Waals surface area contributed by atoms with Gasteiger partial charge in [0.2, 0.25) is 11.7 Å². The normalized spacial score (nSPS) is 11.2. The number of fused-ring (bicyclic) bond motifs is 1. The van der Waals surface area contributed by atoms with Crippen LogP contribution in [0, 0.1) is 6.92 Å². The zero-order valence-corrected chi connectivity index (χ0v) is 16.4. The molecule has 0 atom stereocenters. The van der Waals surface area contributed by atoms with Crippen molar-refractivity contribution in [1.82, 2.24) is 15.1 Å². The maximum atomic E-state index is 5.42. The van der Waals surface area contributed by atoms with Crippen molar-refractivity contribution in [2.45, 2.75) is 26.7 Å². The van der Waals surface area contributed by atoms with Crippen LogP contribution in [0.4, 0.5) is 11.5 Å². The van der Waals surface area contributed by atoms with Crippen molar-refractivity contribution in [2.24, 2.45) is 0 Å². The first kappa shape index (κ1) is 18.0. The Morgan fingerprint density at radius 1 is 1.00 bits per heavy atom. The summed E-state index contributed by atoms with van der Waals surface area (Å²) in [6.45, 7) is 6.11. The molecule has 0 aliphatic carbocycles. The molecule has 2 aromatic heterocycles. The number of benzene rings is 2. The van der Waals surface area contributed by atoms with E-state index in [2.05, 4.69) is 40.6 Å². The number of nitrogens with zero attached hydrogens (tertiary/aromatic N) is 3. The van der Waals surface area contributed by atoms with Gasteiger partial charge in [-0.25, -0.2) is 4.98 Å². The monoisotopic (exact) mass is 374 g/mol. The van der Waals surface area contributed by atoms with Crippen molar-refractivity contribution in [3.8, 4) is 17.1 Å². The molecule has 0 spiro atoms. The summed E-state index contributed by atoms with van der Waals surface area (Å²) in [5.41, 5.74) is 3.77. The predicted octanol–water partition coefficient (Wildman–Crippen LogP) is 5.47. The smallest absolute Gasteiger partial charge is 0.229 e. The summed E-state index contributed by atoms with van der Waals surface area (Å²) in [6, 6.07) is 15.9. The third kappa shape index (κ3) is 3.53. The van der Waals surface area contributed by atoms with Crippen LogP contribution in [0.15, 0.2) is 53.1 Å². The number of nitrogens with one attached hydrogen (secondary N) is 1. The van der Waals surface area contributed by atoms with Crippen molar-refractivity contribution in [2.75, 3.05) is 12.4 Å². The molecular formula is C22H22N4O2. The van der Waals surface area contributed by atoms with Crippen LogP contribution in [0.5, 0.6) is 5.75 Å². The van der Waals surface area contributed by atoms with Gasteiger partial charge in [-0.15, -0.1) is 0 Å². The molecule has 4 aromatic rings. The number of anilines is 2. The summed E-state index contributed by atoms with van der Waals surface area (Å²) in [6.07, 6.45) is 0. The fourth-order valence-electron chi connectivity index (χ4n) is 2.95. The highest BCUT2D eigenvalue weighted by Crippen LogP contribution is 2.32. The summed E-state index contributed by atoms with van der Waals surface area (Å²) < 4.78 is 10.6. The molecule has 0 bridgehead atoms. The van der Waals surface area contributed by atoms with Crippen LogP contribution >= 0.6 is 0 Å². The second-order valence-electron chi connectivity index (χ2n) is 7.05. The van der Waals surface area contributed by atoms with Crippen molar-refractivity contribution in [3.63, 3.8) is 0 Å². The highest BCUT2D eigenvalue weighted by Gasteiger charge is 2.17. The molecule has 142 valence electrons. The van der Waals surface area contributed by atoms with E-state index >= 15 is 0 Å². The van der Waals surface area contributed by atoms with Crippen LogP contribution < -0.4 is 10.1 Å². The van der Waals surface area contributed by atoms with Gasteiger partial charge >= 0.3 is 0 Å². The Morgan fingerprint density at radius 2 is 1.79 bits per heavy atom. The second-order valence-corrected chi connectivity index (χ2v) is 7.05.